The van der Waals surface area contributed by atoms with Gasteiger partial charge in [0.05, 0.1) is 11.0 Å². The first kappa shape index (κ1) is 20.6. The molecule has 0 radical (unpaired) electrons. The summed E-state index contributed by atoms with van der Waals surface area (Å²) in [4.78, 5) is 24.7. The lowest BCUT2D eigenvalue weighted by Gasteiger charge is -2.32. The summed E-state index contributed by atoms with van der Waals surface area (Å²) >= 11 is 5.78. The molecule has 7 nitrogen and oxygen atoms in total. The van der Waals surface area contributed by atoms with Crippen molar-refractivity contribution >= 4 is 35.6 Å². The van der Waals surface area contributed by atoms with E-state index in [2.05, 4.69) is 0 Å². The van der Waals surface area contributed by atoms with Gasteiger partial charge in [0, 0.05) is 30.8 Å². The first-order valence-electron chi connectivity index (χ1n) is 7.58. The first-order valence-corrected chi connectivity index (χ1v) is 7.95. The molecule has 0 aliphatic carbocycles. The highest BCUT2D eigenvalue weighted by Gasteiger charge is 2.28. The number of carbonyl (C=O) groups is 1. The van der Waals surface area contributed by atoms with Crippen LogP contribution in [0.3, 0.4) is 0 Å². The topological polar surface area (TPSA) is 98.7 Å². The lowest BCUT2D eigenvalue weighted by molar-refractivity contribution is -0.385. The van der Waals surface area contributed by atoms with Gasteiger partial charge in [0.25, 0.3) is 11.6 Å². The van der Waals surface area contributed by atoms with Gasteiger partial charge in [0.15, 0.2) is 0 Å². The zero-order chi connectivity index (χ0) is 16.8. The van der Waals surface area contributed by atoms with Gasteiger partial charge in [-0.05, 0) is 37.9 Å². The summed E-state index contributed by atoms with van der Waals surface area (Å²) in [5.41, 5.74) is 5.23. The van der Waals surface area contributed by atoms with Crippen LogP contribution in [0.5, 0.6) is 0 Å². The molecule has 1 aromatic carbocycles. The molecular weight excluding hydrogens is 357 g/mol. The Morgan fingerprint density at radius 1 is 1.42 bits per heavy atom. The molecule has 1 saturated heterocycles. The van der Waals surface area contributed by atoms with E-state index >= 15 is 0 Å². The van der Waals surface area contributed by atoms with Crippen molar-refractivity contribution in [1.29, 1.82) is 0 Å². The number of piperidine rings is 1. The number of hydrogen-bond donors (Lipinski definition) is 1. The first-order chi connectivity index (χ1) is 11.0. The Labute approximate surface area is 151 Å². The van der Waals surface area contributed by atoms with E-state index in [9.17, 15) is 14.9 Å². The minimum atomic E-state index is -0.582. The molecule has 0 spiro atoms. The van der Waals surface area contributed by atoms with Gasteiger partial charge in [-0.1, -0.05) is 11.6 Å². The van der Waals surface area contributed by atoms with Crippen LogP contribution in [0.4, 0.5) is 5.69 Å². The fourth-order valence-corrected chi connectivity index (χ4v) is 2.73. The molecule has 0 atom stereocenters. The van der Waals surface area contributed by atoms with Gasteiger partial charge in [-0.25, -0.2) is 0 Å². The highest BCUT2D eigenvalue weighted by molar-refractivity contribution is 6.31. The van der Waals surface area contributed by atoms with Crippen LogP contribution >= 0.6 is 24.0 Å². The number of likely N-dealkylation sites (tertiary alicyclic amines) is 1. The standard InChI is InChI=1S/C15H20ClN3O4.ClH/c16-11-2-3-13(14(10-11)19(21)22)15(20)18-7-4-12(5-8-18)23-9-1-6-17;/h2-3,10,12H,1,4-9,17H2;1H. The van der Waals surface area contributed by atoms with Crippen molar-refractivity contribution in [3.05, 3.63) is 38.9 Å². The molecule has 0 bridgehead atoms. The van der Waals surface area contributed by atoms with E-state index in [1.807, 2.05) is 0 Å². The Morgan fingerprint density at radius 3 is 2.67 bits per heavy atom. The molecular formula is C15H21Cl2N3O4. The van der Waals surface area contributed by atoms with Crippen molar-refractivity contribution in [1.82, 2.24) is 4.90 Å². The van der Waals surface area contributed by atoms with Crippen LogP contribution in [0.25, 0.3) is 0 Å². The molecule has 1 aliphatic rings. The van der Waals surface area contributed by atoms with E-state index in [0.717, 1.165) is 19.3 Å². The highest BCUT2D eigenvalue weighted by atomic mass is 35.5. The van der Waals surface area contributed by atoms with Crippen molar-refractivity contribution in [2.75, 3.05) is 26.2 Å². The summed E-state index contributed by atoms with van der Waals surface area (Å²) < 4.78 is 5.69. The van der Waals surface area contributed by atoms with E-state index in [0.29, 0.717) is 26.2 Å². The molecule has 0 unspecified atom stereocenters. The number of benzene rings is 1. The number of nitro benzene ring substituents is 1. The predicted octanol–water partition coefficient (Wildman–Crippen LogP) is 2.64. The van der Waals surface area contributed by atoms with Crippen LogP contribution in [0.1, 0.15) is 29.6 Å². The van der Waals surface area contributed by atoms with Crippen molar-refractivity contribution < 1.29 is 14.5 Å². The maximum Gasteiger partial charge on any atom is 0.283 e. The Balaban J connectivity index is 0.00000288. The average molecular weight is 378 g/mol. The van der Waals surface area contributed by atoms with Gasteiger partial charge in [-0.2, -0.15) is 0 Å². The van der Waals surface area contributed by atoms with E-state index in [1.165, 1.54) is 18.2 Å². The van der Waals surface area contributed by atoms with E-state index in [4.69, 9.17) is 22.1 Å². The fourth-order valence-electron chi connectivity index (χ4n) is 2.57. The van der Waals surface area contributed by atoms with Crippen LogP contribution < -0.4 is 5.73 Å². The third-order valence-electron chi connectivity index (χ3n) is 3.82. The second kappa shape index (κ2) is 9.78. The van der Waals surface area contributed by atoms with Crippen LogP contribution in [0, 0.1) is 10.1 Å². The molecule has 2 rings (SSSR count). The van der Waals surface area contributed by atoms with Gasteiger partial charge in [0.2, 0.25) is 0 Å². The number of hydrogen-bond acceptors (Lipinski definition) is 5. The molecule has 24 heavy (non-hydrogen) atoms. The number of rotatable bonds is 6. The molecule has 1 heterocycles. The summed E-state index contributed by atoms with van der Waals surface area (Å²) in [6.45, 7) is 2.26. The number of nitrogens with zero attached hydrogens (tertiary/aromatic N) is 2. The summed E-state index contributed by atoms with van der Waals surface area (Å²) in [5.74, 6) is -0.339. The van der Waals surface area contributed by atoms with Crippen LogP contribution in [-0.2, 0) is 4.74 Å². The number of carbonyl (C=O) groups excluding carboxylic acids is 1. The molecule has 0 saturated carbocycles. The molecule has 1 fully saturated rings. The van der Waals surface area contributed by atoms with Gasteiger partial charge in [0.1, 0.15) is 5.56 Å². The number of nitro groups is 1. The van der Waals surface area contributed by atoms with Gasteiger partial charge < -0.3 is 15.4 Å². The van der Waals surface area contributed by atoms with Crippen molar-refractivity contribution in [2.45, 2.75) is 25.4 Å². The lowest BCUT2D eigenvalue weighted by atomic mass is 10.1. The molecule has 1 aromatic rings. The second-order valence-corrected chi connectivity index (χ2v) is 5.86. The maximum atomic E-state index is 12.5. The predicted molar refractivity (Wildman–Crippen MR) is 93.9 cm³/mol. The third-order valence-corrected chi connectivity index (χ3v) is 4.05. The lowest BCUT2D eigenvalue weighted by Crippen LogP contribution is -2.41. The van der Waals surface area contributed by atoms with Gasteiger partial charge in [-0.3, -0.25) is 14.9 Å². The molecule has 134 valence electrons. The van der Waals surface area contributed by atoms with Gasteiger partial charge >= 0.3 is 0 Å². The molecule has 1 amide bonds. The van der Waals surface area contributed by atoms with Crippen LogP contribution in [0.2, 0.25) is 5.02 Å². The number of ether oxygens (including phenoxy) is 1. The normalized spacial score (nSPS) is 15.0. The van der Waals surface area contributed by atoms with Crippen LogP contribution in [0.15, 0.2) is 18.2 Å². The zero-order valence-electron chi connectivity index (χ0n) is 13.2. The van der Waals surface area contributed by atoms with E-state index in [-0.39, 0.29) is 40.7 Å². The minimum Gasteiger partial charge on any atom is -0.378 e. The Hall–Kier alpha value is -1.41. The van der Waals surface area contributed by atoms with Crippen molar-refractivity contribution in [3.8, 4) is 0 Å². The second-order valence-electron chi connectivity index (χ2n) is 5.42. The minimum absolute atomic E-state index is 0. The molecule has 9 heteroatoms. The summed E-state index contributed by atoms with van der Waals surface area (Å²) in [7, 11) is 0. The smallest absolute Gasteiger partial charge is 0.283 e. The molecule has 0 aromatic heterocycles. The third kappa shape index (κ3) is 5.31. The Kier molecular flexibility index (Phi) is 8.41. The SMILES string of the molecule is Cl.NCCCOC1CCN(C(=O)c2ccc(Cl)cc2[N+](=O)[O-])CC1. The Morgan fingerprint density at radius 2 is 2.08 bits per heavy atom. The summed E-state index contributed by atoms with van der Waals surface area (Å²) in [6, 6.07) is 4.11. The quantitative estimate of drug-likeness (QED) is 0.466. The maximum absolute atomic E-state index is 12.5. The number of amides is 1. The molecule has 2 N–H and O–H groups in total. The summed E-state index contributed by atoms with van der Waals surface area (Å²) in [6.07, 6.45) is 2.37. The zero-order valence-corrected chi connectivity index (χ0v) is 14.7. The molecule has 1 aliphatic heterocycles. The van der Waals surface area contributed by atoms with E-state index < -0.39 is 4.92 Å². The summed E-state index contributed by atoms with van der Waals surface area (Å²) in [5, 5.41) is 11.3. The fraction of sp³-hybridized carbons (Fsp3) is 0.533. The number of halogens is 2. The van der Waals surface area contributed by atoms with Crippen LogP contribution in [-0.4, -0.2) is 48.1 Å². The van der Waals surface area contributed by atoms with Crippen molar-refractivity contribution in [2.24, 2.45) is 5.73 Å². The van der Waals surface area contributed by atoms with E-state index in [1.54, 1.807) is 4.90 Å². The number of nitrogens with two attached hydrogens (primary N) is 1. The largest absolute Gasteiger partial charge is 0.378 e. The Bertz CT molecular complexity index is 578. The monoisotopic (exact) mass is 377 g/mol. The van der Waals surface area contributed by atoms with Gasteiger partial charge in [-0.15, -0.1) is 12.4 Å². The highest BCUT2D eigenvalue weighted by Crippen LogP contribution is 2.26. The van der Waals surface area contributed by atoms with Crippen molar-refractivity contribution in [3.63, 3.8) is 0 Å². The average Bonchev–Trinajstić information content (AvgIpc) is 2.55.